The first kappa shape index (κ1) is 12.7. The maximum atomic E-state index is 4.18. The zero-order valence-corrected chi connectivity index (χ0v) is 11.3. The molecule has 1 aromatic heterocycles. The van der Waals surface area contributed by atoms with Crippen LogP contribution in [0.1, 0.15) is 6.42 Å². The van der Waals surface area contributed by atoms with Gasteiger partial charge in [-0.1, -0.05) is 0 Å². The van der Waals surface area contributed by atoms with E-state index in [2.05, 4.69) is 27.1 Å². The molecule has 0 saturated carbocycles. The molecule has 0 atom stereocenters. The van der Waals surface area contributed by atoms with E-state index in [-0.39, 0.29) is 0 Å². The van der Waals surface area contributed by atoms with Crippen molar-refractivity contribution in [2.45, 2.75) is 6.42 Å². The van der Waals surface area contributed by atoms with Crippen LogP contribution in [0.2, 0.25) is 0 Å². The third-order valence-corrected chi connectivity index (χ3v) is 3.90. The number of rotatable bonds is 5. The first-order chi connectivity index (χ1) is 8.40. The smallest absolute Gasteiger partial charge is 0.0553 e. The van der Waals surface area contributed by atoms with Crippen molar-refractivity contribution in [3.05, 3.63) is 24.5 Å². The SMILES string of the molecule is CSCCCN1CCN(c2cccnc2)CC1. The number of nitrogens with zero attached hydrogens (tertiary/aromatic N) is 3. The van der Waals surface area contributed by atoms with E-state index in [1.165, 1.54) is 37.5 Å². The molecule has 0 N–H and O–H groups in total. The predicted octanol–water partition coefficient (Wildman–Crippen LogP) is 1.96. The van der Waals surface area contributed by atoms with Crippen LogP contribution in [-0.2, 0) is 0 Å². The Bertz CT molecular complexity index is 310. The Kier molecular flexibility index (Phi) is 5.13. The lowest BCUT2D eigenvalue weighted by Crippen LogP contribution is -2.46. The van der Waals surface area contributed by atoms with Crippen molar-refractivity contribution < 1.29 is 0 Å². The summed E-state index contributed by atoms with van der Waals surface area (Å²) in [6, 6.07) is 4.16. The molecule has 2 rings (SSSR count). The molecule has 1 aromatic rings. The van der Waals surface area contributed by atoms with Crippen LogP contribution in [0, 0.1) is 0 Å². The molecule has 1 aliphatic heterocycles. The summed E-state index contributed by atoms with van der Waals surface area (Å²) in [6.45, 7) is 5.88. The van der Waals surface area contributed by atoms with E-state index < -0.39 is 0 Å². The number of anilines is 1. The minimum absolute atomic E-state index is 1.13. The molecule has 0 spiro atoms. The number of hydrogen-bond acceptors (Lipinski definition) is 4. The number of aromatic nitrogens is 1. The molecular weight excluding hydrogens is 230 g/mol. The Hall–Kier alpha value is -0.740. The van der Waals surface area contributed by atoms with Crippen LogP contribution in [0.4, 0.5) is 5.69 Å². The maximum Gasteiger partial charge on any atom is 0.0553 e. The van der Waals surface area contributed by atoms with Gasteiger partial charge in [0.25, 0.3) is 0 Å². The Morgan fingerprint density at radius 1 is 1.29 bits per heavy atom. The first-order valence-corrected chi connectivity index (χ1v) is 7.66. The van der Waals surface area contributed by atoms with E-state index in [0.717, 1.165) is 13.1 Å². The summed E-state index contributed by atoms with van der Waals surface area (Å²) in [6.07, 6.45) is 7.29. The molecule has 0 unspecified atom stereocenters. The zero-order valence-electron chi connectivity index (χ0n) is 10.5. The van der Waals surface area contributed by atoms with E-state index in [1.807, 2.05) is 30.2 Å². The molecule has 0 amide bonds. The molecular formula is C13H21N3S. The van der Waals surface area contributed by atoms with Gasteiger partial charge in [0.15, 0.2) is 0 Å². The average molecular weight is 251 g/mol. The Labute approximate surface area is 108 Å². The molecule has 4 heteroatoms. The highest BCUT2D eigenvalue weighted by Gasteiger charge is 2.16. The third-order valence-electron chi connectivity index (χ3n) is 3.21. The molecule has 0 aliphatic carbocycles. The van der Waals surface area contributed by atoms with Gasteiger partial charge in [0.2, 0.25) is 0 Å². The highest BCUT2D eigenvalue weighted by Crippen LogP contribution is 2.14. The fourth-order valence-electron chi connectivity index (χ4n) is 2.20. The molecule has 1 fully saturated rings. The van der Waals surface area contributed by atoms with Crippen molar-refractivity contribution in [1.82, 2.24) is 9.88 Å². The van der Waals surface area contributed by atoms with Crippen LogP contribution in [0.5, 0.6) is 0 Å². The van der Waals surface area contributed by atoms with Crippen molar-refractivity contribution in [3.63, 3.8) is 0 Å². The standard InChI is InChI=1S/C13H21N3S/c1-17-11-3-6-15-7-9-16(10-8-15)13-4-2-5-14-12-13/h2,4-5,12H,3,6-11H2,1H3. The van der Waals surface area contributed by atoms with Crippen molar-refractivity contribution >= 4 is 17.4 Å². The minimum atomic E-state index is 1.13. The monoisotopic (exact) mass is 251 g/mol. The fourth-order valence-corrected chi connectivity index (χ4v) is 2.62. The van der Waals surface area contributed by atoms with E-state index in [4.69, 9.17) is 0 Å². The van der Waals surface area contributed by atoms with Crippen molar-refractivity contribution in [2.75, 3.05) is 49.6 Å². The summed E-state index contributed by atoms with van der Waals surface area (Å²) in [7, 11) is 0. The van der Waals surface area contributed by atoms with Crippen LogP contribution in [0.15, 0.2) is 24.5 Å². The van der Waals surface area contributed by atoms with Gasteiger partial charge in [-0.15, -0.1) is 0 Å². The second-order valence-electron chi connectivity index (χ2n) is 4.39. The van der Waals surface area contributed by atoms with Crippen molar-refractivity contribution in [3.8, 4) is 0 Å². The minimum Gasteiger partial charge on any atom is -0.368 e. The summed E-state index contributed by atoms with van der Waals surface area (Å²) in [5.41, 5.74) is 1.26. The van der Waals surface area contributed by atoms with E-state index in [1.54, 1.807) is 0 Å². The van der Waals surface area contributed by atoms with Crippen LogP contribution >= 0.6 is 11.8 Å². The molecule has 2 heterocycles. The van der Waals surface area contributed by atoms with Crippen LogP contribution in [-0.4, -0.2) is 54.6 Å². The second-order valence-corrected chi connectivity index (χ2v) is 5.37. The lowest BCUT2D eigenvalue weighted by atomic mass is 10.2. The van der Waals surface area contributed by atoms with Gasteiger partial charge in [-0.2, -0.15) is 11.8 Å². The van der Waals surface area contributed by atoms with Gasteiger partial charge in [0.1, 0.15) is 0 Å². The average Bonchev–Trinajstić information content (AvgIpc) is 2.41. The Morgan fingerprint density at radius 3 is 2.76 bits per heavy atom. The topological polar surface area (TPSA) is 19.4 Å². The Morgan fingerprint density at radius 2 is 2.12 bits per heavy atom. The highest BCUT2D eigenvalue weighted by molar-refractivity contribution is 7.98. The number of hydrogen-bond donors (Lipinski definition) is 0. The van der Waals surface area contributed by atoms with Gasteiger partial charge in [-0.25, -0.2) is 0 Å². The molecule has 17 heavy (non-hydrogen) atoms. The van der Waals surface area contributed by atoms with Gasteiger partial charge in [0, 0.05) is 32.4 Å². The normalized spacial score (nSPS) is 17.4. The van der Waals surface area contributed by atoms with Crippen molar-refractivity contribution in [2.24, 2.45) is 0 Å². The number of piperazine rings is 1. The highest BCUT2D eigenvalue weighted by atomic mass is 32.2. The van der Waals surface area contributed by atoms with Crippen LogP contribution in [0.25, 0.3) is 0 Å². The summed E-state index contributed by atoms with van der Waals surface area (Å²) in [4.78, 5) is 9.18. The summed E-state index contributed by atoms with van der Waals surface area (Å²) < 4.78 is 0. The number of pyridine rings is 1. The molecule has 0 aromatic carbocycles. The van der Waals surface area contributed by atoms with E-state index >= 15 is 0 Å². The van der Waals surface area contributed by atoms with Crippen molar-refractivity contribution in [1.29, 1.82) is 0 Å². The number of thioether (sulfide) groups is 1. The summed E-state index contributed by atoms with van der Waals surface area (Å²) in [5, 5.41) is 0. The van der Waals surface area contributed by atoms with E-state index in [0.29, 0.717) is 0 Å². The lowest BCUT2D eigenvalue weighted by Gasteiger charge is -2.35. The zero-order chi connectivity index (χ0) is 11.9. The van der Waals surface area contributed by atoms with Gasteiger partial charge >= 0.3 is 0 Å². The van der Waals surface area contributed by atoms with Gasteiger partial charge in [-0.05, 0) is 37.1 Å². The molecule has 3 nitrogen and oxygen atoms in total. The predicted molar refractivity (Wildman–Crippen MR) is 75.9 cm³/mol. The lowest BCUT2D eigenvalue weighted by molar-refractivity contribution is 0.259. The summed E-state index contributed by atoms with van der Waals surface area (Å²) in [5.74, 6) is 1.28. The largest absolute Gasteiger partial charge is 0.368 e. The maximum absolute atomic E-state index is 4.18. The fraction of sp³-hybridized carbons (Fsp3) is 0.615. The molecule has 94 valence electrons. The first-order valence-electron chi connectivity index (χ1n) is 6.26. The second kappa shape index (κ2) is 6.87. The molecule has 0 bridgehead atoms. The van der Waals surface area contributed by atoms with Gasteiger partial charge in [-0.3, -0.25) is 9.88 Å². The molecule has 1 aliphatic rings. The molecule has 1 saturated heterocycles. The van der Waals surface area contributed by atoms with Crippen LogP contribution < -0.4 is 4.90 Å². The van der Waals surface area contributed by atoms with Crippen LogP contribution in [0.3, 0.4) is 0 Å². The quantitative estimate of drug-likeness (QED) is 0.745. The van der Waals surface area contributed by atoms with Gasteiger partial charge in [0.05, 0.1) is 11.9 Å². The summed E-state index contributed by atoms with van der Waals surface area (Å²) >= 11 is 1.94. The molecule has 0 radical (unpaired) electrons. The Balaban J connectivity index is 1.74. The third kappa shape index (κ3) is 3.89. The van der Waals surface area contributed by atoms with Gasteiger partial charge < -0.3 is 4.90 Å². The van der Waals surface area contributed by atoms with E-state index in [9.17, 15) is 0 Å².